The first-order chi connectivity index (χ1) is 19.8. The first kappa shape index (κ1) is 28.6. The van der Waals surface area contributed by atoms with Crippen molar-refractivity contribution in [1.82, 2.24) is 19.3 Å². The van der Waals surface area contributed by atoms with Gasteiger partial charge in [0, 0.05) is 44.0 Å². The maximum absolute atomic E-state index is 13.2. The van der Waals surface area contributed by atoms with Crippen LogP contribution in [0.25, 0.3) is 5.57 Å². The third-order valence-corrected chi connectivity index (χ3v) is 8.84. The Labute approximate surface area is 240 Å². The molecule has 2 aliphatic rings. The van der Waals surface area contributed by atoms with Gasteiger partial charge in [0.05, 0.1) is 39.4 Å². The standard InChI is InChI=1S/C28H34N6O6S/c1-19-5-7-22(8-6-19)41(35,36)34-11-9-20(10-12-34)26-30-27(32-28(31-26)33-13-15-40-16-14-33)29-21-17-23(37-2)25(39-4)24(18-21)38-3/h5-9,17-18H,10-16H2,1-4H3,(H,29,30,31,32). The van der Waals surface area contributed by atoms with Crippen molar-refractivity contribution in [3.63, 3.8) is 0 Å². The summed E-state index contributed by atoms with van der Waals surface area (Å²) in [6, 6.07) is 10.4. The summed E-state index contributed by atoms with van der Waals surface area (Å²) < 4.78 is 49.8. The van der Waals surface area contributed by atoms with Crippen LogP contribution >= 0.6 is 0 Å². The molecule has 1 fully saturated rings. The Morgan fingerprint density at radius 3 is 2.17 bits per heavy atom. The number of sulfonamides is 1. The molecule has 41 heavy (non-hydrogen) atoms. The first-order valence-corrected chi connectivity index (χ1v) is 14.7. The molecule has 2 aromatic carbocycles. The van der Waals surface area contributed by atoms with Gasteiger partial charge in [0.1, 0.15) is 0 Å². The molecule has 1 saturated heterocycles. The summed E-state index contributed by atoms with van der Waals surface area (Å²) in [5, 5.41) is 3.25. The van der Waals surface area contributed by atoms with Crippen LogP contribution < -0.4 is 24.4 Å². The van der Waals surface area contributed by atoms with Crippen molar-refractivity contribution in [3.8, 4) is 17.2 Å². The second kappa shape index (κ2) is 12.3. The van der Waals surface area contributed by atoms with E-state index in [1.54, 1.807) is 57.7 Å². The van der Waals surface area contributed by atoms with Gasteiger partial charge >= 0.3 is 0 Å². The number of rotatable bonds is 9. The van der Waals surface area contributed by atoms with Gasteiger partial charge in [-0.1, -0.05) is 23.8 Å². The fourth-order valence-corrected chi connectivity index (χ4v) is 6.06. The predicted octanol–water partition coefficient (Wildman–Crippen LogP) is 3.26. The summed E-state index contributed by atoms with van der Waals surface area (Å²) in [6.45, 7) is 4.91. The SMILES string of the molecule is COc1cc(Nc2nc(C3=CCN(S(=O)(=O)c4ccc(C)cc4)CC3)nc(N3CCOCC3)n2)cc(OC)c1OC. The van der Waals surface area contributed by atoms with Crippen molar-refractivity contribution in [1.29, 1.82) is 0 Å². The van der Waals surface area contributed by atoms with Crippen LogP contribution in [0.5, 0.6) is 17.2 Å². The van der Waals surface area contributed by atoms with Crippen molar-refractivity contribution in [3.05, 3.63) is 53.9 Å². The highest BCUT2D eigenvalue weighted by molar-refractivity contribution is 7.89. The summed E-state index contributed by atoms with van der Waals surface area (Å²) in [7, 11) is 1.04. The van der Waals surface area contributed by atoms with Crippen LogP contribution in [0.1, 0.15) is 17.8 Å². The number of aromatic nitrogens is 3. The Kier molecular flexibility index (Phi) is 8.57. The Bertz CT molecular complexity index is 1500. The van der Waals surface area contributed by atoms with Gasteiger partial charge < -0.3 is 29.2 Å². The third-order valence-electron chi connectivity index (χ3n) is 6.96. The highest BCUT2D eigenvalue weighted by Crippen LogP contribution is 2.40. The summed E-state index contributed by atoms with van der Waals surface area (Å²) in [5.74, 6) is 2.79. The highest BCUT2D eigenvalue weighted by atomic mass is 32.2. The molecule has 0 spiro atoms. The molecule has 0 unspecified atom stereocenters. The number of aryl methyl sites for hydroxylation is 1. The Morgan fingerprint density at radius 1 is 0.902 bits per heavy atom. The van der Waals surface area contributed by atoms with Gasteiger partial charge in [-0.2, -0.15) is 19.3 Å². The number of methoxy groups -OCH3 is 3. The fraction of sp³-hybridized carbons (Fsp3) is 0.393. The molecular weight excluding hydrogens is 548 g/mol. The third kappa shape index (κ3) is 6.21. The largest absolute Gasteiger partial charge is 0.493 e. The average molecular weight is 583 g/mol. The van der Waals surface area contributed by atoms with E-state index in [4.69, 9.17) is 33.9 Å². The lowest BCUT2D eigenvalue weighted by Crippen LogP contribution is -2.38. The van der Waals surface area contributed by atoms with E-state index in [2.05, 4.69) is 5.32 Å². The van der Waals surface area contributed by atoms with Gasteiger partial charge in [0.2, 0.25) is 27.7 Å². The molecule has 0 radical (unpaired) electrons. The van der Waals surface area contributed by atoms with E-state index in [1.165, 1.54) is 4.31 Å². The lowest BCUT2D eigenvalue weighted by atomic mass is 10.1. The van der Waals surface area contributed by atoms with Crippen LogP contribution in [0.4, 0.5) is 17.6 Å². The van der Waals surface area contributed by atoms with Crippen LogP contribution in [0, 0.1) is 6.92 Å². The second-order valence-electron chi connectivity index (χ2n) is 9.58. The molecule has 1 N–H and O–H groups in total. The number of nitrogens with one attached hydrogen (secondary N) is 1. The summed E-state index contributed by atoms with van der Waals surface area (Å²) in [4.78, 5) is 16.5. The quantitative estimate of drug-likeness (QED) is 0.399. The molecule has 3 aromatic rings. The smallest absolute Gasteiger partial charge is 0.243 e. The Hall–Kier alpha value is -3.94. The number of morpholine rings is 1. The van der Waals surface area contributed by atoms with Crippen LogP contribution in [-0.2, 0) is 14.8 Å². The maximum Gasteiger partial charge on any atom is 0.243 e. The molecule has 0 atom stereocenters. The minimum absolute atomic E-state index is 0.222. The average Bonchev–Trinajstić information content (AvgIpc) is 3.01. The van der Waals surface area contributed by atoms with E-state index in [-0.39, 0.29) is 11.4 Å². The molecule has 12 nitrogen and oxygen atoms in total. The zero-order valence-corrected chi connectivity index (χ0v) is 24.4. The number of hydrogen-bond acceptors (Lipinski definition) is 11. The van der Waals surface area contributed by atoms with E-state index in [9.17, 15) is 8.42 Å². The number of benzene rings is 2. The van der Waals surface area contributed by atoms with E-state index >= 15 is 0 Å². The van der Waals surface area contributed by atoms with Crippen molar-refractivity contribution in [2.75, 3.05) is 70.9 Å². The minimum atomic E-state index is -3.61. The molecule has 0 amide bonds. The fourth-order valence-electron chi connectivity index (χ4n) is 4.68. The van der Waals surface area contributed by atoms with E-state index < -0.39 is 10.0 Å². The van der Waals surface area contributed by atoms with Gasteiger partial charge in [-0.15, -0.1) is 0 Å². The van der Waals surface area contributed by atoms with E-state index in [0.717, 1.165) is 11.1 Å². The maximum atomic E-state index is 13.2. The normalized spacial score (nSPS) is 16.2. The van der Waals surface area contributed by atoms with Crippen LogP contribution in [-0.4, -0.2) is 88.4 Å². The molecule has 13 heteroatoms. The topological polar surface area (TPSA) is 128 Å². The summed E-state index contributed by atoms with van der Waals surface area (Å²) in [5.41, 5.74) is 2.49. The van der Waals surface area contributed by atoms with Gasteiger partial charge in [0.25, 0.3) is 0 Å². The zero-order valence-electron chi connectivity index (χ0n) is 23.6. The van der Waals surface area contributed by atoms with E-state index in [1.807, 2.05) is 17.9 Å². The molecule has 5 rings (SSSR count). The molecule has 2 aliphatic heterocycles. The minimum Gasteiger partial charge on any atom is -0.493 e. The predicted molar refractivity (Wildman–Crippen MR) is 155 cm³/mol. The highest BCUT2D eigenvalue weighted by Gasteiger charge is 2.28. The van der Waals surface area contributed by atoms with Crippen molar-refractivity contribution < 1.29 is 27.4 Å². The van der Waals surface area contributed by atoms with Gasteiger partial charge in [0.15, 0.2) is 17.3 Å². The second-order valence-corrected chi connectivity index (χ2v) is 11.5. The molecule has 0 saturated carbocycles. The number of nitrogens with zero attached hydrogens (tertiary/aromatic N) is 5. The monoisotopic (exact) mass is 582 g/mol. The zero-order chi connectivity index (χ0) is 29.0. The molecule has 0 bridgehead atoms. The molecule has 218 valence electrons. The van der Waals surface area contributed by atoms with Crippen molar-refractivity contribution >= 4 is 33.2 Å². The number of hydrogen-bond donors (Lipinski definition) is 1. The van der Waals surface area contributed by atoms with Crippen molar-refractivity contribution in [2.45, 2.75) is 18.2 Å². The molecule has 3 heterocycles. The van der Waals surface area contributed by atoms with Crippen LogP contribution in [0.15, 0.2) is 47.4 Å². The summed E-state index contributed by atoms with van der Waals surface area (Å²) >= 11 is 0. The van der Waals surface area contributed by atoms with Gasteiger partial charge in [-0.25, -0.2) is 8.42 Å². The molecule has 0 aliphatic carbocycles. The van der Waals surface area contributed by atoms with Gasteiger partial charge in [-0.05, 0) is 31.1 Å². The lowest BCUT2D eigenvalue weighted by Gasteiger charge is -2.28. The van der Waals surface area contributed by atoms with Gasteiger partial charge in [-0.3, -0.25) is 0 Å². The number of anilines is 3. The van der Waals surface area contributed by atoms with E-state index in [0.29, 0.717) is 79.9 Å². The number of ether oxygens (including phenoxy) is 4. The van der Waals surface area contributed by atoms with Crippen LogP contribution in [0.2, 0.25) is 0 Å². The lowest BCUT2D eigenvalue weighted by molar-refractivity contribution is 0.122. The van der Waals surface area contributed by atoms with Crippen LogP contribution in [0.3, 0.4) is 0 Å². The molecular formula is C28H34N6O6S. The van der Waals surface area contributed by atoms with Crippen molar-refractivity contribution in [2.24, 2.45) is 0 Å². The Balaban J connectivity index is 1.45. The first-order valence-electron chi connectivity index (χ1n) is 13.2. The Morgan fingerprint density at radius 2 is 1.59 bits per heavy atom. The summed E-state index contributed by atoms with van der Waals surface area (Å²) in [6.07, 6.45) is 2.33. The molecule has 1 aromatic heterocycles.